The molecule has 4 nitrogen and oxygen atoms in total. The van der Waals surface area contributed by atoms with E-state index in [9.17, 15) is 4.79 Å². The lowest BCUT2D eigenvalue weighted by atomic mass is 10.1. The van der Waals surface area contributed by atoms with Crippen molar-refractivity contribution in [2.75, 3.05) is 26.7 Å². The number of hydrogen-bond acceptors (Lipinski definition) is 4. The van der Waals surface area contributed by atoms with Crippen molar-refractivity contribution in [1.29, 1.82) is 0 Å². The lowest BCUT2D eigenvalue weighted by molar-refractivity contribution is -0.136. The highest BCUT2D eigenvalue weighted by atomic mass is 32.1. The average Bonchev–Trinajstić information content (AvgIpc) is 2.80. The number of nitrogens with two attached hydrogens (primary N) is 1. The van der Waals surface area contributed by atoms with Crippen LogP contribution in [0.2, 0.25) is 0 Å². The third kappa shape index (κ3) is 2.68. The van der Waals surface area contributed by atoms with Crippen molar-refractivity contribution in [3.8, 4) is 0 Å². The molecular formula is C12H19N3OS. The van der Waals surface area contributed by atoms with Crippen LogP contribution in [0.25, 0.3) is 0 Å². The number of nitrogens with zero attached hydrogens (tertiary/aromatic N) is 2. The van der Waals surface area contributed by atoms with Gasteiger partial charge in [-0.05, 0) is 25.4 Å². The summed E-state index contributed by atoms with van der Waals surface area (Å²) in [5.74, 6) is 0.0491. The summed E-state index contributed by atoms with van der Waals surface area (Å²) in [5, 5.41) is 1.95. The molecule has 2 N–H and O–H groups in total. The van der Waals surface area contributed by atoms with Crippen LogP contribution in [0.15, 0.2) is 17.5 Å². The van der Waals surface area contributed by atoms with E-state index in [0.29, 0.717) is 0 Å². The van der Waals surface area contributed by atoms with Crippen LogP contribution in [-0.4, -0.2) is 48.4 Å². The normalized spacial score (nSPS) is 23.7. The van der Waals surface area contributed by atoms with Crippen molar-refractivity contribution in [1.82, 2.24) is 9.80 Å². The highest BCUT2D eigenvalue weighted by Crippen LogP contribution is 2.21. The summed E-state index contributed by atoms with van der Waals surface area (Å²) < 4.78 is 0. The van der Waals surface area contributed by atoms with Gasteiger partial charge in [0.05, 0.1) is 0 Å². The molecule has 2 unspecified atom stereocenters. The fourth-order valence-electron chi connectivity index (χ4n) is 2.24. The van der Waals surface area contributed by atoms with E-state index in [-0.39, 0.29) is 11.9 Å². The largest absolute Gasteiger partial charge is 0.336 e. The minimum Gasteiger partial charge on any atom is -0.336 e. The molecule has 0 aliphatic carbocycles. The summed E-state index contributed by atoms with van der Waals surface area (Å²) >= 11 is 1.54. The van der Waals surface area contributed by atoms with Crippen LogP contribution in [0.3, 0.4) is 0 Å². The maximum Gasteiger partial charge on any atom is 0.245 e. The second-order valence-corrected chi connectivity index (χ2v) is 5.62. The van der Waals surface area contributed by atoms with E-state index in [4.69, 9.17) is 5.73 Å². The summed E-state index contributed by atoms with van der Waals surface area (Å²) in [6.07, 6.45) is 0. The predicted molar refractivity (Wildman–Crippen MR) is 69.9 cm³/mol. The molecule has 17 heavy (non-hydrogen) atoms. The molecule has 1 amide bonds. The number of piperazine rings is 1. The molecule has 0 bridgehead atoms. The zero-order valence-corrected chi connectivity index (χ0v) is 11.1. The first-order valence-corrected chi connectivity index (χ1v) is 6.75. The molecule has 2 rings (SSSR count). The Kier molecular flexibility index (Phi) is 3.81. The number of carbonyl (C=O) groups excluding carboxylic acids is 1. The van der Waals surface area contributed by atoms with Crippen molar-refractivity contribution < 1.29 is 4.79 Å². The highest BCUT2D eigenvalue weighted by Gasteiger charge is 2.30. The van der Waals surface area contributed by atoms with Crippen LogP contribution >= 0.6 is 11.3 Å². The highest BCUT2D eigenvalue weighted by molar-refractivity contribution is 7.10. The van der Waals surface area contributed by atoms with Crippen LogP contribution in [0.5, 0.6) is 0 Å². The summed E-state index contributed by atoms with van der Waals surface area (Å²) in [6.45, 7) is 4.69. The minimum absolute atomic E-state index is 0.0491. The molecule has 1 aromatic rings. The summed E-state index contributed by atoms with van der Waals surface area (Å²) in [4.78, 5) is 17.4. The molecule has 1 aromatic heterocycles. The zero-order chi connectivity index (χ0) is 12.4. The first-order chi connectivity index (χ1) is 8.09. The third-order valence-corrected chi connectivity index (χ3v) is 4.18. The molecular weight excluding hydrogens is 234 g/mol. The van der Waals surface area contributed by atoms with Crippen molar-refractivity contribution in [2.24, 2.45) is 5.73 Å². The maximum atomic E-state index is 12.3. The Balaban J connectivity index is 2.05. The van der Waals surface area contributed by atoms with E-state index in [2.05, 4.69) is 18.9 Å². The maximum absolute atomic E-state index is 12.3. The van der Waals surface area contributed by atoms with Gasteiger partial charge in [-0.1, -0.05) is 6.07 Å². The van der Waals surface area contributed by atoms with Gasteiger partial charge in [0.1, 0.15) is 6.04 Å². The number of amides is 1. The van der Waals surface area contributed by atoms with E-state index in [1.165, 1.54) is 0 Å². The Morgan fingerprint density at radius 1 is 1.59 bits per heavy atom. The Bertz CT molecular complexity index is 379. The quantitative estimate of drug-likeness (QED) is 0.852. The van der Waals surface area contributed by atoms with Gasteiger partial charge in [-0.3, -0.25) is 4.79 Å². The van der Waals surface area contributed by atoms with Gasteiger partial charge in [0.2, 0.25) is 5.91 Å². The van der Waals surface area contributed by atoms with Gasteiger partial charge < -0.3 is 15.5 Å². The van der Waals surface area contributed by atoms with Crippen molar-refractivity contribution in [3.05, 3.63) is 22.4 Å². The van der Waals surface area contributed by atoms with Gasteiger partial charge in [0, 0.05) is 30.6 Å². The van der Waals surface area contributed by atoms with E-state index in [1.807, 2.05) is 22.4 Å². The SMILES string of the molecule is CC1CN(C)CCN1C(=O)C(N)c1cccs1. The minimum atomic E-state index is -0.499. The Hall–Kier alpha value is -0.910. The standard InChI is InChI=1S/C12H19N3OS/c1-9-8-14(2)5-6-15(9)12(16)11(13)10-4-3-7-17-10/h3-4,7,9,11H,5-6,8,13H2,1-2H3. The van der Waals surface area contributed by atoms with Gasteiger partial charge in [0.25, 0.3) is 0 Å². The first kappa shape index (κ1) is 12.5. The molecule has 2 heterocycles. The molecule has 2 atom stereocenters. The number of thiophene rings is 1. The van der Waals surface area contributed by atoms with Crippen molar-refractivity contribution in [3.63, 3.8) is 0 Å². The molecule has 0 saturated carbocycles. The monoisotopic (exact) mass is 253 g/mol. The predicted octanol–water partition coefficient (Wildman–Crippen LogP) is 0.910. The van der Waals surface area contributed by atoms with E-state index in [1.54, 1.807) is 11.3 Å². The summed E-state index contributed by atoms with van der Waals surface area (Å²) in [5.41, 5.74) is 6.02. The lowest BCUT2D eigenvalue weighted by Crippen LogP contribution is -2.54. The fourth-order valence-corrected chi connectivity index (χ4v) is 2.95. The van der Waals surface area contributed by atoms with Gasteiger partial charge in [-0.2, -0.15) is 0 Å². The molecule has 1 saturated heterocycles. The second-order valence-electron chi connectivity index (χ2n) is 4.64. The fraction of sp³-hybridized carbons (Fsp3) is 0.583. The van der Waals surface area contributed by atoms with Crippen LogP contribution in [0.4, 0.5) is 0 Å². The molecule has 94 valence electrons. The molecule has 0 spiro atoms. The Morgan fingerprint density at radius 3 is 2.94 bits per heavy atom. The number of carbonyl (C=O) groups is 1. The van der Waals surface area contributed by atoms with Crippen LogP contribution < -0.4 is 5.73 Å². The summed E-state index contributed by atoms with van der Waals surface area (Å²) in [7, 11) is 2.08. The van der Waals surface area contributed by atoms with Gasteiger partial charge in [-0.15, -0.1) is 11.3 Å². The molecule has 1 fully saturated rings. The third-order valence-electron chi connectivity index (χ3n) is 3.23. The first-order valence-electron chi connectivity index (χ1n) is 5.87. The Labute approximate surface area is 106 Å². The molecule has 0 radical (unpaired) electrons. The van der Waals surface area contributed by atoms with Crippen LogP contribution in [-0.2, 0) is 4.79 Å². The van der Waals surface area contributed by atoms with Crippen molar-refractivity contribution in [2.45, 2.75) is 19.0 Å². The molecule has 0 aromatic carbocycles. The van der Waals surface area contributed by atoms with Gasteiger partial charge in [-0.25, -0.2) is 0 Å². The zero-order valence-electron chi connectivity index (χ0n) is 10.3. The van der Waals surface area contributed by atoms with Crippen LogP contribution in [0.1, 0.15) is 17.8 Å². The van der Waals surface area contributed by atoms with Crippen molar-refractivity contribution >= 4 is 17.2 Å². The van der Waals surface area contributed by atoms with Gasteiger partial charge in [0.15, 0.2) is 0 Å². The smallest absolute Gasteiger partial charge is 0.245 e. The number of rotatable bonds is 2. The molecule has 1 aliphatic heterocycles. The van der Waals surface area contributed by atoms with E-state index >= 15 is 0 Å². The molecule has 1 aliphatic rings. The van der Waals surface area contributed by atoms with E-state index in [0.717, 1.165) is 24.5 Å². The number of hydrogen-bond donors (Lipinski definition) is 1. The summed E-state index contributed by atoms with van der Waals surface area (Å²) in [6, 6.07) is 3.60. The Morgan fingerprint density at radius 2 is 2.35 bits per heavy atom. The van der Waals surface area contributed by atoms with E-state index < -0.39 is 6.04 Å². The second kappa shape index (κ2) is 5.16. The molecule has 5 heteroatoms. The van der Waals surface area contributed by atoms with Gasteiger partial charge >= 0.3 is 0 Å². The van der Waals surface area contributed by atoms with Crippen LogP contribution in [0, 0.1) is 0 Å². The number of likely N-dealkylation sites (N-methyl/N-ethyl adjacent to an activating group) is 1. The average molecular weight is 253 g/mol. The topological polar surface area (TPSA) is 49.6 Å². The lowest BCUT2D eigenvalue weighted by Gasteiger charge is -2.39.